The van der Waals surface area contributed by atoms with Gasteiger partial charge in [0.1, 0.15) is 17.4 Å². The molecule has 1 rings (SSSR count). The summed E-state index contributed by atoms with van der Waals surface area (Å²) in [6, 6.07) is 5.57. The van der Waals surface area contributed by atoms with E-state index in [0.717, 1.165) is 5.56 Å². The number of ether oxygens (including phenoxy) is 2. The van der Waals surface area contributed by atoms with Crippen LogP contribution in [0.15, 0.2) is 24.3 Å². The maximum absolute atomic E-state index is 12.3. The lowest BCUT2D eigenvalue weighted by Gasteiger charge is -2.23. The zero-order valence-corrected chi connectivity index (χ0v) is 15.0. The van der Waals surface area contributed by atoms with E-state index < -0.39 is 23.7 Å². The molecule has 6 nitrogen and oxygen atoms in total. The molecule has 2 N–H and O–H groups in total. The molecule has 6 heteroatoms. The third-order valence-electron chi connectivity index (χ3n) is 2.91. The maximum atomic E-state index is 12.3. The highest BCUT2D eigenvalue weighted by Gasteiger charge is 2.26. The van der Waals surface area contributed by atoms with Gasteiger partial charge in [0.2, 0.25) is 0 Å². The summed E-state index contributed by atoms with van der Waals surface area (Å²) in [5, 5.41) is 11.9. The molecular weight excluding hydrogens is 310 g/mol. The Morgan fingerprint density at radius 3 is 2.25 bits per heavy atom. The van der Waals surface area contributed by atoms with Crippen molar-refractivity contribution in [2.75, 3.05) is 6.61 Å². The average Bonchev–Trinajstić information content (AvgIpc) is 2.44. The van der Waals surface area contributed by atoms with Gasteiger partial charge in [-0.15, -0.1) is 0 Å². The second-order valence-electron chi connectivity index (χ2n) is 7.09. The first-order valence-electron chi connectivity index (χ1n) is 8.01. The van der Waals surface area contributed by atoms with E-state index in [-0.39, 0.29) is 24.7 Å². The number of benzene rings is 1. The molecule has 0 spiro atoms. The highest BCUT2D eigenvalue weighted by molar-refractivity contribution is 5.81. The number of hydrogen-bond donors (Lipinski definition) is 2. The fourth-order valence-electron chi connectivity index (χ4n) is 1.86. The van der Waals surface area contributed by atoms with Crippen molar-refractivity contribution >= 4 is 12.1 Å². The minimum Gasteiger partial charge on any atom is -0.508 e. The Hall–Kier alpha value is -2.24. The normalized spacial score (nSPS) is 12.6. The van der Waals surface area contributed by atoms with Crippen molar-refractivity contribution in [2.45, 2.75) is 52.7 Å². The second kappa shape index (κ2) is 8.57. The Morgan fingerprint density at radius 2 is 1.75 bits per heavy atom. The van der Waals surface area contributed by atoms with Crippen LogP contribution < -0.4 is 5.32 Å². The van der Waals surface area contributed by atoms with Crippen LogP contribution >= 0.6 is 0 Å². The van der Waals surface area contributed by atoms with Crippen molar-refractivity contribution in [2.24, 2.45) is 5.92 Å². The predicted molar refractivity (Wildman–Crippen MR) is 90.8 cm³/mol. The molecule has 1 aromatic carbocycles. The molecule has 0 fully saturated rings. The van der Waals surface area contributed by atoms with E-state index in [0.29, 0.717) is 0 Å². The van der Waals surface area contributed by atoms with E-state index in [2.05, 4.69) is 5.32 Å². The summed E-state index contributed by atoms with van der Waals surface area (Å²) in [5.74, 6) is -0.176. The quantitative estimate of drug-likeness (QED) is 0.780. The van der Waals surface area contributed by atoms with Gasteiger partial charge >= 0.3 is 12.1 Å². The number of amides is 1. The van der Waals surface area contributed by atoms with Crippen molar-refractivity contribution < 1.29 is 24.2 Å². The number of alkyl carbamates (subject to hydrolysis) is 1. The van der Waals surface area contributed by atoms with E-state index in [1.807, 2.05) is 13.8 Å². The highest BCUT2D eigenvalue weighted by Crippen LogP contribution is 2.13. The van der Waals surface area contributed by atoms with Crippen LogP contribution in [0.1, 0.15) is 40.2 Å². The van der Waals surface area contributed by atoms with Gasteiger partial charge in [0.05, 0.1) is 6.61 Å². The van der Waals surface area contributed by atoms with Gasteiger partial charge in [0.15, 0.2) is 0 Å². The molecule has 0 bridgehead atoms. The van der Waals surface area contributed by atoms with Crippen LogP contribution in [0, 0.1) is 5.92 Å². The molecule has 1 aromatic rings. The van der Waals surface area contributed by atoms with Crippen molar-refractivity contribution in [3.8, 4) is 5.75 Å². The van der Waals surface area contributed by atoms with Gasteiger partial charge in [0.25, 0.3) is 0 Å². The Morgan fingerprint density at radius 1 is 1.17 bits per heavy atom. The number of phenols is 1. The van der Waals surface area contributed by atoms with E-state index >= 15 is 0 Å². The molecule has 0 aliphatic carbocycles. The summed E-state index contributed by atoms with van der Waals surface area (Å²) in [6.45, 7) is 9.39. The van der Waals surface area contributed by atoms with E-state index in [1.54, 1.807) is 32.9 Å². The second-order valence-corrected chi connectivity index (χ2v) is 7.09. The van der Waals surface area contributed by atoms with Crippen LogP contribution in [-0.4, -0.2) is 35.4 Å². The third kappa shape index (κ3) is 7.85. The molecule has 1 amide bonds. The Labute approximate surface area is 143 Å². The number of esters is 1. The molecule has 0 radical (unpaired) electrons. The van der Waals surface area contributed by atoms with Gasteiger partial charge in [-0.3, -0.25) is 0 Å². The standard InChI is InChI=1S/C18H27NO5/c1-12(2)11-23-16(21)15(19-17(22)24-18(3,4)5)10-13-6-8-14(20)9-7-13/h6-9,12,15,20H,10-11H2,1-5H3,(H,19,22). The van der Waals surface area contributed by atoms with Gasteiger partial charge in [-0.05, 0) is 44.4 Å². The zero-order valence-electron chi connectivity index (χ0n) is 15.0. The van der Waals surface area contributed by atoms with E-state index in [1.165, 1.54) is 12.1 Å². The topological polar surface area (TPSA) is 84.9 Å². The minimum absolute atomic E-state index is 0.137. The highest BCUT2D eigenvalue weighted by atomic mass is 16.6. The van der Waals surface area contributed by atoms with Crippen LogP contribution in [0.5, 0.6) is 5.75 Å². The maximum Gasteiger partial charge on any atom is 0.408 e. The zero-order chi connectivity index (χ0) is 18.3. The molecule has 134 valence electrons. The summed E-state index contributed by atoms with van der Waals surface area (Å²) in [5.41, 5.74) is 0.130. The third-order valence-corrected chi connectivity index (χ3v) is 2.91. The smallest absolute Gasteiger partial charge is 0.408 e. The average molecular weight is 337 g/mol. The minimum atomic E-state index is -0.858. The summed E-state index contributed by atoms with van der Waals surface area (Å²) in [6.07, 6.45) is -0.427. The molecule has 0 saturated heterocycles. The van der Waals surface area contributed by atoms with E-state index in [9.17, 15) is 14.7 Å². The Kier molecular flexibility index (Phi) is 7.07. The number of carbonyl (C=O) groups excluding carboxylic acids is 2. The summed E-state index contributed by atoms with van der Waals surface area (Å²) < 4.78 is 10.4. The van der Waals surface area contributed by atoms with Crippen LogP contribution in [0.2, 0.25) is 0 Å². The molecule has 1 atom stereocenters. The van der Waals surface area contributed by atoms with Gasteiger partial charge in [-0.25, -0.2) is 9.59 Å². The molecule has 0 heterocycles. The molecule has 24 heavy (non-hydrogen) atoms. The van der Waals surface area contributed by atoms with Crippen LogP contribution in [0.3, 0.4) is 0 Å². The van der Waals surface area contributed by atoms with Crippen molar-refractivity contribution in [3.63, 3.8) is 0 Å². The number of rotatable bonds is 6. The van der Waals surface area contributed by atoms with Crippen LogP contribution in [-0.2, 0) is 20.7 Å². The number of phenolic OH excluding ortho intramolecular Hbond substituents is 1. The summed E-state index contributed by atoms with van der Waals surface area (Å²) >= 11 is 0. The summed E-state index contributed by atoms with van der Waals surface area (Å²) in [7, 11) is 0. The molecule has 0 aliphatic rings. The number of nitrogens with one attached hydrogen (secondary N) is 1. The monoisotopic (exact) mass is 337 g/mol. The Balaban J connectivity index is 2.79. The SMILES string of the molecule is CC(C)COC(=O)C(Cc1ccc(O)cc1)NC(=O)OC(C)(C)C. The van der Waals surface area contributed by atoms with E-state index in [4.69, 9.17) is 9.47 Å². The largest absolute Gasteiger partial charge is 0.508 e. The molecular formula is C18H27NO5. The molecule has 0 aliphatic heterocycles. The molecule has 1 unspecified atom stereocenters. The van der Waals surface area contributed by atoms with Crippen molar-refractivity contribution in [1.82, 2.24) is 5.32 Å². The van der Waals surface area contributed by atoms with Crippen molar-refractivity contribution in [3.05, 3.63) is 29.8 Å². The lowest BCUT2D eigenvalue weighted by atomic mass is 10.1. The first-order valence-corrected chi connectivity index (χ1v) is 8.01. The van der Waals surface area contributed by atoms with Gasteiger partial charge in [0, 0.05) is 6.42 Å². The predicted octanol–water partition coefficient (Wildman–Crippen LogP) is 3.03. The Bertz CT molecular complexity index is 546. The summed E-state index contributed by atoms with van der Waals surface area (Å²) in [4.78, 5) is 24.3. The molecule has 0 aromatic heterocycles. The van der Waals surface area contributed by atoms with Gasteiger partial charge in [-0.2, -0.15) is 0 Å². The lowest BCUT2D eigenvalue weighted by molar-refractivity contribution is -0.147. The molecule has 0 saturated carbocycles. The fraction of sp³-hybridized carbons (Fsp3) is 0.556. The van der Waals surface area contributed by atoms with Crippen LogP contribution in [0.25, 0.3) is 0 Å². The van der Waals surface area contributed by atoms with Crippen molar-refractivity contribution in [1.29, 1.82) is 0 Å². The fourth-order valence-corrected chi connectivity index (χ4v) is 1.86. The number of carbonyl (C=O) groups is 2. The first-order chi connectivity index (χ1) is 11.1. The number of hydrogen-bond acceptors (Lipinski definition) is 5. The first kappa shape index (κ1) is 19.8. The number of aromatic hydroxyl groups is 1. The van der Waals surface area contributed by atoms with Gasteiger partial charge in [-0.1, -0.05) is 26.0 Å². The van der Waals surface area contributed by atoms with Gasteiger partial charge < -0.3 is 19.9 Å². The van der Waals surface area contributed by atoms with Crippen LogP contribution in [0.4, 0.5) is 4.79 Å². The lowest BCUT2D eigenvalue weighted by Crippen LogP contribution is -2.45.